The van der Waals surface area contributed by atoms with Gasteiger partial charge in [0, 0.05) is 37.2 Å². The van der Waals surface area contributed by atoms with Gasteiger partial charge in [-0.15, -0.1) is 59.7 Å². The molecule has 0 saturated carbocycles. The zero-order valence-corrected chi connectivity index (χ0v) is 30.1. The van der Waals surface area contributed by atoms with E-state index in [0.29, 0.717) is 0 Å². The van der Waals surface area contributed by atoms with E-state index < -0.39 is 0 Å². The summed E-state index contributed by atoms with van der Waals surface area (Å²) in [6.07, 6.45) is 3.73. The van der Waals surface area contributed by atoms with E-state index in [2.05, 4.69) is 123 Å². The molecular formula is C44H32IrN2S-2. The molecule has 0 unspecified atom stereocenters. The second kappa shape index (κ2) is 13.1. The van der Waals surface area contributed by atoms with Crippen molar-refractivity contribution in [3.63, 3.8) is 0 Å². The number of nitrogens with zero attached hydrogens (tertiary/aromatic N) is 2. The number of hydrogen-bond donors (Lipinski definition) is 0. The number of rotatable bonds is 2. The first kappa shape index (κ1) is 31.8. The van der Waals surface area contributed by atoms with Gasteiger partial charge in [0.05, 0.1) is 0 Å². The van der Waals surface area contributed by atoms with Crippen molar-refractivity contribution in [3.8, 4) is 22.5 Å². The summed E-state index contributed by atoms with van der Waals surface area (Å²) in [5, 5.41) is 10.1. The van der Waals surface area contributed by atoms with Gasteiger partial charge in [0.25, 0.3) is 0 Å². The van der Waals surface area contributed by atoms with Gasteiger partial charge in [-0.25, -0.2) is 0 Å². The summed E-state index contributed by atoms with van der Waals surface area (Å²) < 4.78 is 2.65. The summed E-state index contributed by atoms with van der Waals surface area (Å²) in [4.78, 5) is 9.06. The van der Waals surface area contributed by atoms with E-state index in [0.717, 1.165) is 22.5 Å². The molecule has 0 fully saturated rings. The molecule has 0 spiro atoms. The summed E-state index contributed by atoms with van der Waals surface area (Å²) in [5.41, 5.74) is 5.56. The first-order chi connectivity index (χ1) is 23.0. The average molecular weight is 813 g/mol. The van der Waals surface area contributed by atoms with Crippen molar-refractivity contribution in [1.82, 2.24) is 9.97 Å². The molecule has 9 aromatic rings. The molecule has 4 heteroatoms. The van der Waals surface area contributed by atoms with Crippen LogP contribution in [-0.2, 0) is 25.5 Å². The van der Waals surface area contributed by atoms with E-state index in [1.165, 1.54) is 58.1 Å². The van der Waals surface area contributed by atoms with Gasteiger partial charge in [-0.1, -0.05) is 105 Å². The van der Waals surface area contributed by atoms with Crippen LogP contribution in [0, 0.1) is 12.1 Å². The third-order valence-electron chi connectivity index (χ3n) is 8.81. The summed E-state index contributed by atoms with van der Waals surface area (Å²) in [6.45, 7) is 6.87. The van der Waals surface area contributed by atoms with Crippen LogP contribution in [0.1, 0.15) is 26.3 Å². The molecule has 9 rings (SSSR count). The van der Waals surface area contributed by atoms with E-state index in [1.54, 1.807) is 6.20 Å². The van der Waals surface area contributed by atoms with Crippen LogP contribution in [0.5, 0.6) is 0 Å². The second-order valence-corrected chi connectivity index (χ2v) is 13.9. The Morgan fingerprint density at radius 1 is 0.562 bits per heavy atom. The van der Waals surface area contributed by atoms with Gasteiger partial charge < -0.3 is 9.97 Å². The molecule has 2 nitrogen and oxygen atoms in total. The Labute approximate surface area is 298 Å². The van der Waals surface area contributed by atoms with E-state index in [4.69, 9.17) is 4.98 Å². The van der Waals surface area contributed by atoms with E-state index in [1.807, 2.05) is 60.0 Å². The first-order valence-electron chi connectivity index (χ1n) is 15.9. The third kappa shape index (κ3) is 5.82. The van der Waals surface area contributed by atoms with Crippen molar-refractivity contribution in [2.75, 3.05) is 0 Å². The van der Waals surface area contributed by atoms with Crippen molar-refractivity contribution in [1.29, 1.82) is 0 Å². The first-order valence-corrected chi connectivity index (χ1v) is 16.7. The van der Waals surface area contributed by atoms with Crippen molar-refractivity contribution < 1.29 is 20.1 Å². The maximum Gasteiger partial charge on any atom is 0.0277 e. The van der Waals surface area contributed by atoms with Gasteiger partial charge in [-0.2, -0.15) is 11.3 Å². The molecule has 48 heavy (non-hydrogen) atoms. The minimum atomic E-state index is 0. The molecule has 0 aliphatic rings. The van der Waals surface area contributed by atoms with Crippen LogP contribution in [0.15, 0.2) is 140 Å². The van der Waals surface area contributed by atoms with Crippen LogP contribution in [0.25, 0.3) is 75.0 Å². The predicted molar refractivity (Wildman–Crippen MR) is 201 cm³/mol. The molecule has 6 aromatic carbocycles. The summed E-state index contributed by atoms with van der Waals surface area (Å²) in [7, 11) is 0. The molecule has 0 bridgehead atoms. The SMILES string of the molecule is CC(C)(C)c1cccc2c1sc1c[c-]c(-c3nccc4c3ccc3c5ccccc5ccc43)cc12.[Ir].[c-]1ccccc1-c1ccccn1. The fraction of sp³-hybridized carbons (Fsp3) is 0.0909. The smallest absolute Gasteiger partial charge is 0.0277 e. The Balaban J connectivity index is 0.000000237. The van der Waals surface area contributed by atoms with Crippen molar-refractivity contribution in [2.45, 2.75) is 26.2 Å². The molecule has 1 radical (unpaired) electrons. The van der Waals surface area contributed by atoms with Gasteiger partial charge in [-0.3, -0.25) is 0 Å². The van der Waals surface area contributed by atoms with Crippen LogP contribution < -0.4 is 0 Å². The maximum atomic E-state index is 4.85. The van der Waals surface area contributed by atoms with Gasteiger partial charge in [-0.05, 0) is 76.9 Å². The number of aromatic nitrogens is 2. The summed E-state index contributed by atoms with van der Waals surface area (Å²) in [6, 6.07) is 51.2. The number of thiophene rings is 1. The monoisotopic (exact) mass is 813 g/mol. The van der Waals surface area contributed by atoms with Crippen LogP contribution in [0.2, 0.25) is 0 Å². The summed E-state index contributed by atoms with van der Waals surface area (Å²) >= 11 is 1.87. The third-order valence-corrected chi connectivity index (χ3v) is 10.0. The quantitative estimate of drug-likeness (QED) is 0.128. The summed E-state index contributed by atoms with van der Waals surface area (Å²) in [5.74, 6) is 0. The molecule has 0 amide bonds. The molecule has 3 aromatic heterocycles. The standard InChI is InChI=1S/C33H24NS.C11H8N.Ir/c1-33(2,3)29-10-6-9-27-28-19-21(12-16-30(28)35-32(27)29)31-26-15-14-23-22-8-5-4-7-20(22)11-13-24(23)25(26)17-18-34-31;1-2-6-10(7-3-1)11-8-4-5-9-12-11;/h4-11,13-19H,1-3H3;1-6,8-9H;/q2*-1;. The van der Waals surface area contributed by atoms with Crippen molar-refractivity contribution in [2.24, 2.45) is 0 Å². The Bertz CT molecular complexity index is 2510. The largest absolute Gasteiger partial charge is 0.305 e. The van der Waals surface area contributed by atoms with Crippen molar-refractivity contribution >= 4 is 63.8 Å². The molecule has 0 atom stereocenters. The van der Waals surface area contributed by atoms with Gasteiger partial charge in [0.1, 0.15) is 0 Å². The Hall–Kier alpha value is -4.73. The zero-order valence-electron chi connectivity index (χ0n) is 26.9. The molecule has 235 valence electrons. The van der Waals surface area contributed by atoms with Gasteiger partial charge in [0.2, 0.25) is 0 Å². The number of benzene rings is 6. The van der Waals surface area contributed by atoms with Crippen LogP contribution in [-0.4, -0.2) is 9.97 Å². The Morgan fingerprint density at radius 3 is 2.12 bits per heavy atom. The van der Waals surface area contributed by atoms with E-state index in [-0.39, 0.29) is 25.5 Å². The van der Waals surface area contributed by atoms with E-state index >= 15 is 0 Å². The molecule has 0 aliphatic heterocycles. The topological polar surface area (TPSA) is 25.8 Å². The fourth-order valence-electron chi connectivity index (χ4n) is 6.51. The normalized spacial score (nSPS) is 11.5. The Kier molecular flexibility index (Phi) is 8.66. The van der Waals surface area contributed by atoms with Crippen LogP contribution >= 0.6 is 11.3 Å². The number of pyridine rings is 2. The minimum Gasteiger partial charge on any atom is -0.305 e. The molecule has 0 N–H and O–H groups in total. The zero-order chi connectivity index (χ0) is 32.0. The van der Waals surface area contributed by atoms with E-state index in [9.17, 15) is 0 Å². The van der Waals surface area contributed by atoms with Gasteiger partial charge >= 0.3 is 0 Å². The molecule has 0 saturated heterocycles. The number of fused-ring (bicyclic) bond motifs is 8. The predicted octanol–water partition coefficient (Wildman–Crippen LogP) is 12.2. The number of hydrogen-bond acceptors (Lipinski definition) is 3. The fourth-order valence-corrected chi connectivity index (χ4v) is 7.90. The Morgan fingerprint density at radius 2 is 1.31 bits per heavy atom. The minimum absolute atomic E-state index is 0. The van der Waals surface area contributed by atoms with Gasteiger partial charge in [0.15, 0.2) is 0 Å². The maximum absolute atomic E-state index is 4.85. The molecular weight excluding hydrogens is 781 g/mol. The van der Waals surface area contributed by atoms with Crippen molar-refractivity contribution in [3.05, 3.63) is 157 Å². The molecule has 0 aliphatic carbocycles. The second-order valence-electron chi connectivity index (χ2n) is 12.9. The average Bonchev–Trinajstić information content (AvgIpc) is 3.50. The van der Waals surface area contributed by atoms with Crippen LogP contribution in [0.3, 0.4) is 0 Å². The molecule has 3 heterocycles. The van der Waals surface area contributed by atoms with Crippen LogP contribution in [0.4, 0.5) is 0 Å².